The van der Waals surface area contributed by atoms with Crippen LogP contribution in [0.25, 0.3) is 0 Å². The third kappa shape index (κ3) is 1.83. The van der Waals surface area contributed by atoms with E-state index in [2.05, 4.69) is 0 Å². The van der Waals surface area contributed by atoms with Crippen molar-refractivity contribution in [2.45, 2.75) is 25.7 Å². The van der Waals surface area contributed by atoms with Crippen LogP contribution in [0.5, 0.6) is 11.5 Å². The van der Waals surface area contributed by atoms with Gasteiger partial charge in [0, 0.05) is 12.1 Å². The summed E-state index contributed by atoms with van der Waals surface area (Å²) in [6.45, 7) is 2.27. The molecule has 0 saturated carbocycles. The molecule has 2 unspecified atom stereocenters. The van der Waals surface area contributed by atoms with Crippen molar-refractivity contribution < 1.29 is 19.1 Å². The molecule has 112 valence electrons. The van der Waals surface area contributed by atoms with Crippen LogP contribution in [0.15, 0.2) is 12.1 Å². The average molecular weight is 289 g/mol. The fourth-order valence-corrected chi connectivity index (χ4v) is 3.60. The van der Waals surface area contributed by atoms with E-state index in [-0.39, 0.29) is 23.7 Å². The number of hydrogen-bond acceptors (Lipinski definition) is 4. The molecule has 21 heavy (non-hydrogen) atoms. The minimum absolute atomic E-state index is 0.0343. The molecule has 1 aliphatic heterocycles. The van der Waals surface area contributed by atoms with Crippen molar-refractivity contribution in [3.05, 3.63) is 23.3 Å². The lowest BCUT2D eigenvalue weighted by molar-refractivity contribution is -0.139. The molecule has 1 fully saturated rings. The Hall–Kier alpha value is -2.04. The molecule has 2 atom stereocenters. The number of rotatable bonds is 3. The van der Waals surface area contributed by atoms with Crippen molar-refractivity contribution in [1.29, 1.82) is 0 Å². The lowest BCUT2D eigenvalue weighted by Crippen LogP contribution is -2.30. The number of ether oxygens (including phenoxy) is 2. The van der Waals surface area contributed by atoms with Crippen molar-refractivity contribution in [2.75, 3.05) is 20.8 Å². The van der Waals surface area contributed by atoms with Gasteiger partial charge in [0.05, 0.1) is 26.1 Å². The van der Waals surface area contributed by atoms with E-state index in [9.17, 15) is 9.59 Å². The van der Waals surface area contributed by atoms with E-state index >= 15 is 0 Å². The number of fused-ring (bicyclic) bond motifs is 3. The van der Waals surface area contributed by atoms with Gasteiger partial charge in [-0.1, -0.05) is 6.07 Å². The molecule has 3 rings (SSSR count). The third-order valence-corrected chi connectivity index (χ3v) is 4.56. The minimum Gasteiger partial charge on any atom is -0.493 e. The predicted molar refractivity (Wildman–Crippen MR) is 76.5 cm³/mol. The van der Waals surface area contributed by atoms with Gasteiger partial charge in [0.25, 0.3) is 0 Å². The number of likely N-dealkylation sites (tertiary alicyclic amines) is 1. The minimum atomic E-state index is -0.360. The summed E-state index contributed by atoms with van der Waals surface area (Å²) in [5.74, 6) is 0.653. The standard InChI is InChI=1S/C16H19NO4/c1-4-17-15(18)11-6-5-10-9(13(11)16(17)19)7-8-12(20-2)14(10)21-3/h7-8,11,13H,4-6H2,1-3H3. The molecule has 2 aliphatic rings. The van der Waals surface area contributed by atoms with Crippen LogP contribution in [0.3, 0.4) is 0 Å². The number of imide groups is 1. The van der Waals surface area contributed by atoms with Gasteiger partial charge in [-0.05, 0) is 31.4 Å². The van der Waals surface area contributed by atoms with Crippen LogP contribution in [0, 0.1) is 5.92 Å². The third-order valence-electron chi connectivity index (χ3n) is 4.56. The summed E-state index contributed by atoms with van der Waals surface area (Å²) >= 11 is 0. The molecule has 5 heteroatoms. The second kappa shape index (κ2) is 5.06. The monoisotopic (exact) mass is 289 g/mol. The summed E-state index contributed by atoms with van der Waals surface area (Å²) in [5.41, 5.74) is 1.91. The van der Waals surface area contributed by atoms with Crippen molar-refractivity contribution in [2.24, 2.45) is 5.92 Å². The second-order valence-corrected chi connectivity index (χ2v) is 5.41. The van der Waals surface area contributed by atoms with Gasteiger partial charge in [-0.15, -0.1) is 0 Å². The molecule has 0 spiro atoms. The molecule has 0 N–H and O–H groups in total. The summed E-state index contributed by atoms with van der Waals surface area (Å²) < 4.78 is 10.8. The van der Waals surface area contributed by atoms with Crippen LogP contribution in [-0.2, 0) is 16.0 Å². The first-order chi connectivity index (χ1) is 10.1. The number of benzene rings is 1. The summed E-state index contributed by atoms with van der Waals surface area (Å²) in [6.07, 6.45) is 1.41. The smallest absolute Gasteiger partial charge is 0.237 e. The van der Waals surface area contributed by atoms with E-state index < -0.39 is 0 Å². The molecule has 5 nitrogen and oxygen atoms in total. The second-order valence-electron chi connectivity index (χ2n) is 5.41. The summed E-state index contributed by atoms with van der Waals surface area (Å²) in [4.78, 5) is 26.2. The number of likely N-dealkylation sites (N-methyl/N-ethyl adjacent to an activating group) is 1. The fraction of sp³-hybridized carbons (Fsp3) is 0.500. The number of nitrogens with zero attached hydrogens (tertiary/aromatic N) is 1. The number of carbonyl (C=O) groups is 2. The molecule has 1 saturated heterocycles. The maximum absolute atomic E-state index is 12.5. The Morgan fingerprint density at radius 1 is 1.19 bits per heavy atom. The molecule has 1 heterocycles. The van der Waals surface area contributed by atoms with Crippen LogP contribution in [0.2, 0.25) is 0 Å². The highest BCUT2D eigenvalue weighted by Gasteiger charge is 2.50. The first-order valence-electron chi connectivity index (χ1n) is 7.23. The molecule has 0 radical (unpaired) electrons. The molecule has 1 aromatic rings. The van der Waals surface area contributed by atoms with Crippen molar-refractivity contribution in [3.8, 4) is 11.5 Å². The Morgan fingerprint density at radius 2 is 1.95 bits per heavy atom. The van der Waals surface area contributed by atoms with E-state index in [0.717, 1.165) is 17.5 Å². The van der Waals surface area contributed by atoms with Crippen molar-refractivity contribution >= 4 is 11.8 Å². The van der Waals surface area contributed by atoms with Gasteiger partial charge in [-0.25, -0.2) is 0 Å². The molecule has 1 aliphatic carbocycles. The molecular formula is C16H19NO4. The van der Waals surface area contributed by atoms with E-state index in [1.54, 1.807) is 14.2 Å². The largest absolute Gasteiger partial charge is 0.493 e. The highest BCUT2D eigenvalue weighted by molar-refractivity contribution is 6.08. The SMILES string of the molecule is CCN1C(=O)C2CCc3c(ccc(OC)c3OC)C2C1=O. The van der Waals surface area contributed by atoms with Crippen molar-refractivity contribution in [3.63, 3.8) is 0 Å². The van der Waals surface area contributed by atoms with E-state index in [0.29, 0.717) is 24.5 Å². The van der Waals surface area contributed by atoms with Gasteiger partial charge in [0.2, 0.25) is 11.8 Å². The van der Waals surface area contributed by atoms with Gasteiger partial charge in [-0.3, -0.25) is 14.5 Å². The fourth-order valence-electron chi connectivity index (χ4n) is 3.60. The Morgan fingerprint density at radius 3 is 2.57 bits per heavy atom. The maximum atomic E-state index is 12.5. The summed E-state index contributed by atoms with van der Waals surface area (Å²) in [6, 6.07) is 3.71. The highest BCUT2D eigenvalue weighted by Crippen LogP contribution is 2.47. The topological polar surface area (TPSA) is 55.8 Å². The average Bonchev–Trinajstić information content (AvgIpc) is 2.76. The van der Waals surface area contributed by atoms with Crippen molar-refractivity contribution in [1.82, 2.24) is 4.90 Å². The highest BCUT2D eigenvalue weighted by atomic mass is 16.5. The number of amides is 2. The van der Waals surface area contributed by atoms with Gasteiger partial charge < -0.3 is 9.47 Å². The lowest BCUT2D eigenvalue weighted by Gasteiger charge is -2.27. The van der Waals surface area contributed by atoms with Crippen LogP contribution in [-0.4, -0.2) is 37.5 Å². The van der Waals surface area contributed by atoms with Gasteiger partial charge in [0.15, 0.2) is 11.5 Å². The summed E-state index contributed by atoms with van der Waals surface area (Å²) in [7, 11) is 3.20. The number of methoxy groups -OCH3 is 2. The van der Waals surface area contributed by atoms with Gasteiger partial charge >= 0.3 is 0 Å². The zero-order valence-corrected chi connectivity index (χ0v) is 12.5. The van der Waals surface area contributed by atoms with Crippen LogP contribution in [0.4, 0.5) is 0 Å². The van der Waals surface area contributed by atoms with E-state index in [4.69, 9.17) is 9.47 Å². The number of carbonyl (C=O) groups excluding carboxylic acids is 2. The summed E-state index contributed by atoms with van der Waals surface area (Å²) in [5, 5.41) is 0. The Labute approximate surface area is 123 Å². The quantitative estimate of drug-likeness (QED) is 0.795. The van der Waals surface area contributed by atoms with Crippen LogP contribution in [0.1, 0.15) is 30.4 Å². The van der Waals surface area contributed by atoms with E-state index in [1.165, 1.54) is 4.90 Å². The van der Waals surface area contributed by atoms with Crippen LogP contribution >= 0.6 is 0 Å². The maximum Gasteiger partial charge on any atom is 0.237 e. The Bertz CT molecular complexity index is 611. The number of hydrogen-bond donors (Lipinski definition) is 0. The molecule has 0 bridgehead atoms. The van der Waals surface area contributed by atoms with Crippen LogP contribution < -0.4 is 9.47 Å². The molecule has 2 amide bonds. The lowest BCUT2D eigenvalue weighted by atomic mass is 9.76. The zero-order valence-electron chi connectivity index (χ0n) is 12.5. The van der Waals surface area contributed by atoms with Gasteiger partial charge in [0.1, 0.15) is 0 Å². The molecular weight excluding hydrogens is 270 g/mol. The molecule has 0 aromatic heterocycles. The first kappa shape index (κ1) is 13.9. The molecule has 1 aromatic carbocycles. The predicted octanol–water partition coefficient (Wildman–Crippen LogP) is 1.74. The zero-order chi connectivity index (χ0) is 15.1. The van der Waals surface area contributed by atoms with E-state index in [1.807, 2.05) is 19.1 Å². The normalized spacial score (nSPS) is 23.9. The first-order valence-corrected chi connectivity index (χ1v) is 7.23. The Balaban J connectivity index is 2.12. The van der Waals surface area contributed by atoms with Gasteiger partial charge in [-0.2, -0.15) is 0 Å². The Kier molecular flexibility index (Phi) is 3.35.